The lowest BCUT2D eigenvalue weighted by Gasteiger charge is -2.08. The lowest BCUT2D eigenvalue weighted by molar-refractivity contribution is -0.113. The second kappa shape index (κ2) is 6.35. The van der Waals surface area contributed by atoms with E-state index >= 15 is 0 Å². The molecule has 1 aromatic heterocycles. The molecule has 0 fully saturated rings. The third kappa shape index (κ3) is 3.96. The Bertz CT molecular complexity index is 580. The van der Waals surface area contributed by atoms with Crippen molar-refractivity contribution >= 4 is 12.0 Å². The summed E-state index contributed by atoms with van der Waals surface area (Å²) in [6.45, 7) is 0.426. The van der Waals surface area contributed by atoms with Crippen LogP contribution in [0.3, 0.4) is 0 Å². The number of benzene rings is 1. The van der Waals surface area contributed by atoms with E-state index in [1.54, 1.807) is 18.5 Å². The lowest BCUT2D eigenvalue weighted by Crippen LogP contribution is -2.05. The van der Waals surface area contributed by atoms with Gasteiger partial charge in [0, 0.05) is 29.6 Å². The maximum absolute atomic E-state index is 10.7. The fraction of sp³-hybridized carbons (Fsp3) is 0.0667. The van der Waals surface area contributed by atoms with Gasteiger partial charge in [0.1, 0.15) is 12.4 Å². The smallest absolute Gasteiger partial charge is 0.241 e. The number of rotatable bonds is 5. The average Bonchev–Trinajstić information content (AvgIpc) is 2.45. The summed E-state index contributed by atoms with van der Waals surface area (Å²) in [5.41, 5.74) is 6.87. The Morgan fingerprint density at radius 1 is 1.26 bits per heavy atom. The zero-order valence-corrected chi connectivity index (χ0v) is 10.3. The summed E-state index contributed by atoms with van der Waals surface area (Å²) < 4.78 is 5.71. The van der Waals surface area contributed by atoms with E-state index in [0.717, 1.165) is 11.1 Å². The number of ether oxygens (including phenoxy) is 1. The van der Waals surface area contributed by atoms with Crippen molar-refractivity contribution in [1.82, 2.24) is 4.98 Å². The number of hydrogen-bond donors (Lipinski definition) is 1. The van der Waals surface area contributed by atoms with Crippen molar-refractivity contribution in [2.24, 2.45) is 5.73 Å². The molecule has 2 N–H and O–H groups in total. The van der Waals surface area contributed by atoms with Gasteiger partial charge in [-0.3, -0.25) is 9.78 Å². The van der Waals surface area contributed by atoms with E-state index < -0.39 is 5.91 Å². The van der Waals surface area contributed by atoms with E-state index in [1.165, 1.54) is 6.08 Å². The molecule has 1 aromatic carbocycles. The van der Waals surface area contributed by atoms with Crippen LogP contribution in [0.15, 0.2) is 54.9 Å². The molecule has 1 amide bonds. The Hall–Kier alpha value is -2.62. The highest BCUT2D eigenvalue weighted by Gasteiger charge is 2.01. The van der Waals surface area contributed by atoms with Gasteiger partial charge in [0.25, 0.3) is 0 Å². The molecule has 0 unspecified atom stereocenters. The molecule has 0 atom stereocenters. The second-order valence-electron chi connectivity index (χ2n) is 3.92. The maximum Gasteiger partial charge on any atom is 0.241 e. The molecule has 19 heavy (non-hydrogen) atoms. The van der Waals surface area contributed by atoms with E-state index in [1.807, 2.05) is 36.4 Å². The largest absolute Gasteiger partial charge is 0.488 e. The molecule has 0 aliphatic carbocycles. The highest BCUT2D eigenvalue weighted by atomic mass is 16.5. The first kappa shape index (κ1) is 12.8. The number of amides is 1. The molecule has 96 valence electrons. The lowest BCUT2D eigenvalue weighted by atomic mass is 10.2. The van der Waals surface area contributed by atoms with E-state index in [-0.39, 0.29) is 0 Å². The Balaban J connectivity index is 2.10. The van der Waals surface area contributed by atoms with Crippen LogP contribution >= 0.6 is 0 Å². The molecule has 1 heterocycles. The number of nitrogens with two attached hydrogens (primary N) is 1. The normalized spacial score (nSPS) is 10.5. The Kier molecular flexibility index (Phi) is 4.29. The van der Waals surface area contributed by atoms with Crippen LogP contribution in [0.5, 0.6) is 5.75 Å². The minimum absolute atomic E-state index is 0.426. The molecule has 0 spiro atoms. The zero-order valence-electron chi connectivity index (χ0n) is 10.3. The summed E-state index contributed by atoms with van der Waals surface area (Å²) in [5.74, 6) is 0.214. The van der Waals surface area contributed by atoms with Crippen molar-refractivity contribution < 1.29 is 9.53 Å². The van der Waals surface area contributed by atoms with Crippen LogP contribution in [0, 0.1) is 0 Å². The molecule has 0 radical (unpaired) electrons. The highest BCUT2D eigenvalue weighted by Crippen LogP contribution is 2.20. The van der Waals surface area contributed by atoms with E-state index in [9.17, 15) is 4.79 Å². The first-order valence-corrected chi connectivity index (χ1v) is 5.84. The number of carbonyl (C=O) groups excluding carboxylic acids is 1. The Labute approximate surface area is 111 Å². The number of aromatic nitrogens is 1. The summed E-state index contributed by atoms with van der Waals surface area (Å²) in [4.78, 5) is 14.8. The van der Waals surface area contributed by atoms with Gasteiger partial charge >= 0.3 is 0 Å². The van der Waals surface area contributed by atoms with Crippen LogP contribution in [0.4, 0.5) is 0 Å². The molecule has 0 aliphatic heterocycles. The van der Waals surface area contributed by atoms with Crippen molar-refractivity contribution in [3.8, 4) is 5.75 Å². The maximum atomic E-state index is 10.7. The molecule has 4 nitrogen and oxygen atoms in total. The van der Waals surface area contributed by atoms with Gasteiger partial charge in [0.15, 0.2) is 0 Å². The molecule has 2 rings (SSSR count). The number of para-hydroxylation sites is 1. The number of nitrogens with zero attached hydrogens (tertiary/aromatic N) is 1. The molecule has 0 bridgehead atoms. The fourth-order valence-corrected chi connectivity index (χ4v) is 1.57. The van der Waals surface area contributed by atoms with Gasteiger partial charge in [-0.25, -0.2) is 0 Å². The molecule has 2 aromatic rings. The third-order valence-electron chi connectivity index (χ3n) is 2.46. The summed E-state index contributed by atoms with van der Waals surface area (Å²) in [7, 11) is 0. The summed E-state index contributed by atoms with van der Waals surface area (Å²) in [6.07, 6.45) is 6.42. The topological polar surface area (TPSA) is 65.2 Å². The van der Waals surface area contributed by atoms with Gasteiger partial charge in [0.05, 0.1) is 0 Å². The van der Waals surface area contributed by atoms with Gasteiger partial charge in [-0.1, -0.05) is 24.3 Å². The molecule has 0 saturated heterocycles. The number of hydrogen-bond acceptors (Lipinski definition) is 3. The first-order chi connectivity index (χ1) is 9.25. The summed E-state index contributed by atoms with van der Waals surface area (Å²) in [5, 5.41) is 0. The Morgan fingerprint density at radius 2 is 2.11 bits per heavy atom. The van der Waals surface area contributed by atoms with E-state index in [2.05, 4.69) is 4.98 Å². The molecular formula is C15H14N2O2. The van der Waals surface area contributed by atoms with Gasteiger partial charge in [-0.15, -0.1) is 0 Å². The van der Waals surface area contributed by atoms with Crippen LogP contribution < -0.4 is 10.5 Å². The van der Waals surface area contributed by atoms with Gasteiger partial charge < -0.3 is 10.5 Å². The van der Waals surface area contributed by atoms with Gasteiger partial charge in [-0.05, 0) is 18.2 Å². The van der Waals surface area contributed by atoms with Crippen molar-refractivity contribution in [2.75, 3.05) is 0 Å². The summed E-state index contributed by atoms with van der Waals surface area (Å²) >= 11 is 0. The summed E-state index contributed by atoms with van der Waals surface area (Å²) in [6, 6.07) is 11.2. The predicted octanol–water partition coefficient (Wildman–Crippen LogP) is 2.16. The van der Waals surface area contributed by atoms with Gasteiger partial charge in [0.2, 0.25) is 5.91 Å². The highest BCUT2D eigenvalue weighted by molar-refractivity contribution is 5.90. The average molecular weight is 254 g/mol. The molecule has 0 aliphatic rings. The molecular weight excluding hydrogens is 240 g/mol. The zero-order chi connectivity index (χ0) is 13.5. The van der Waals surface area contributed by atoms with Crippen LogP contribution in [0.1, 0.15) is 11.1 Å². The van der Waals surface area contributed by atoms with Crippen molar-refractivity contribution in [3.05, 3.63) is 66.0 Å². The predicted molar refractivity (Wildman–Crippen MR) is 73.2 cm³/mol. The van der Waals surface area contributed by atoms with Crippen molar-refractivity contribution in [2.45, 2.75) is 6.61 Å². The second-order valence-corrected chi connectivity index (χ2v) is 3.92. The Morgan fingerprint density at radius 3 is 2.84 bits per heavy atom. The molecule has 4 heteroatoms. The number of primary amides is 1. The van der Waals surface area contributed by atoms with Crippen molar-refractivity contribution in [1.29, 1.82) is 0 Å². The standard InChI is InChI=1S/C15H14N2O2/c16-15(18)8-7-13-5-1-2-6-14(13)19-11-12-4-3-9-17-10-12/h1-10H,11H2,(H2,16,18)/b8-7-. The first-order valence-electron chi connectivity index (χ1n) is 5.84. The minimum atomic E-state index is -0.484. The number of pyridine rings is 1. The van der Waals surface area contributed by atoms with Crippen LogP contribution in [-0.2, 0) is 11.4 Å². The fourth-order valence-electron chi connectivity index (χ4n) is 1.57. The van der Waals surface area contributed by atoms with E-state index in [4.69, 9.17) is 10.5 Å². The minimum Gasteiger partial charge on any atom is -0.488 e. The van der Waals surface area contributed by atoms with Crippen LogP contribution in [0.2, 0.25) is 0 Å². The SMILES string of the molecule is NC(=O)/C=C\c1ccccc1OCc1cccnc1. The van der Waals surface area contributed by atoms with E-state index in [0.29, 0.717) is 12.4 Å². The third-order valence-corrected chi connectivity index (χ3v) is 2.46. The number of carbonyl (C=O) groups is 1. The van der Waals surface area contributed by atoms with Crippen molar-refractivity contribution in [3.63, 3.8) is 0 Å². The van der Waals surface area contributed by atoms with Crippen LogP contribution in [0.25, 0.3) is 6.08 Å². The monoisotopic (exact) mass is 254 g/mol. The van der Waals surface area contributed by atoms with Gasteiger partial charge in [-0.2, -0.15) is 0 Å². The quantitative estimate of drug-likeness (QED) is 0.831. The van der Waals surface area contributed by atoms with Crippen LogP contribution in [-0.4, -0.2) is 10.9 Å². The molecule has 0 saturated carbocycles.